The SMILES string of the molecule is CN(C)c1ccc(CNc2nc(-c3ccco3)nn2C(=O)Cc2cccc3ccccc23)cc1. The van der Waals surface area contributed by atoms with Gasteiger partial charge in [0, 0.05) is 26.3 Å². The number of anilines is 2. The Labute approximate surface area is 197 Å². The Balaban J connectivity index is 1.42. The van der Waals surface area contributed by atoms with E-state index in [1.165, 1.54) is 4.68 Å². The van der Waals surface area contributed by atoms with Crippen LogP contribution in [-0.2, 0) is 13.0 Å². The van der Waals surface area contributed by atoms with E-state index in [2.05, 4.69) is 44.6 Å². The molecule has 2 aromatic heterocycles. The zero-order valence-corrected chi connectivity index (χ0v) is 19.1. The molecule has 0 aliphatic carbocycles. The zero-order valence-electron chi connectivity index (χ0n) is 19.1. The highest BCUT2D eigenvalue weighted by Gasteiger charge is 2.19. The molecule has 0 atom stereocenters. The largest absolute Gasteiger partial charge is 0.461 e. The average molecular weight is 452 g/mol. The highest BCUT2D eigenvalue weighted by atomic mass is 16.3. The second-order valence-corrected chi connectivity index (χ2v) is 8.27. The third kappa shape index (κ3) is 4.41. The molecule has 34 heavy (non-hydrogen) atoms. The summed E-state index contributed by atoms with van der Waals surface area (Å²) in [4.78, 5) is 20.0. The van der Waals surface area contributed by atoms with Crippen molar-refractivity contribution in [3.05, 3.63) is 96.3 Å². The Bertz CT molecular complexity index is 1410. The number of rotatable bonds is 7. The summed E-state index contributed by atoms with van der Waals surface area (Å²) in [5.74, 6) is 1.08. The second kappa shape index (κ2) is 9.23. The van der Waals surface area contributed by atoms with E-state index >= 15 is 0 Å². The predicted molar refractivity (Wildman–Crippen MR) is 134 cm³/mol. The lowest BCUT2D eigenvalue weighted by molar-refractivity contribution is 0.0901. The number of hydrogen-bond donors (Lipinski definition) is 1. The van der Waals surface area contributed by atoms with E-state index in [1.807, 2.05) is 56.6 Å². The Kier molecular flexibility index (Phi) is 5.82. The maximum atomic E-state index is 13.4. The van der Waals surface area contributed by atoms with E-state index < -0.39 is 0 Å². The molecule has 7 nitrogen and oxygen atoms in total. The molecule has 5 aromatic rings. The van der Waals surface area contributed by atoms with Crippen LogP contribution in [0, 0.1) is 0 Å². The summed E-state index contributed by atoms with van der Waals surface area (Å²) < 4.78 is 6.80. The molecular formula is C27H25N5O2. The first-order chi connectivity index (χ1) is 16.6. The average Bonchev–Trinajstić information content (AvgIpc) is 3.53. The highest BCUT2D eigenvalue weighted by molar-refractivity contribution is 5.91. The first-order valence-electron chi connectivity index (χ1n) is 11.1. The van der Waals surface area contributed by atoms with Crippen LogP contribution in [0.3, 0.4) is 0 Å². The zero-order chi connectivity index (χ0) is 23.5. The molecule has 0 fully saturated rings. The van der Waals surface area contributed by atoms with Crippen molar-refractivity contribution in [1.82, 2.24) is 14.8 Å². The van der Waals surface area contributed by atoms with Gasteiger partial charge in [0.15, 0.2) is 5.76 Å². The van der Waals surface area contributed by atoms with Gasteiger partial charge in [0.05, 0.1) is 12.7 Å². The molecule has 0 bridgehead atoms. The number of aromatic nitrogens is 3. The van der Waals surface area contributed by atoms with Gasteiger partial charge in [0.2, 0.25) is 11.8 Å². The van der Waals surface area contributed by atoms with Crippen LogP contribution in [0.15, 0.2) is 89.5 Å². The number of nitrogens with zero attached hydrogens (tertiary/aromatic N) is 4. The number of hydrogen-bond acceptors (Lipinski definition) is 6. The van der Waals surface area contributed by atoms with Crippen molar-refractivity contribution in [1.29, 1.82) is 0 Å². The van der Waals surface area contributed by atoms with Crippen LogP contribution in [0.2, 0.25) is 0 Å². The molecule has 5 rings (SSSR count). The lowest BCUT2D eigenvalue weighted by Gasteiger charge is -2.13. The molecule has 0 aliphatic rings. The molecule has 0 amide bonds. The molecule has 0 aliphatic heterocycles. The van der Waals surface area contributed by atoms with Crippen molar-refractivity contribution in [3.63, 3.8) is 0 Å². The van der Waals surface area contributed by atoms with Gasteiger partial charge < -0.3 is 14.6 Å². The van der Waals surface area contributed by atoms with Crippen molar-refractivity contribution in [2.24, 2.45) is 0 Å². The van der Waals surface area contributed by atoms with Crippen LogP contribution < -0.4 is 10.2 Å². The van der Waals surface area contributed by atoms with E-state index in [-0.39, 0.29) is 12.3 Å². The molecule has 0 saturated heterocycles. The van der Waals surface area contributed by atoms with Crippen molar-refractivity contribution < 1.29 is 9.21 Å². The van der Waals surface area contributed by atoms with Crippen LogP contribution in [-0.4, -0.2) is 34.8 Å². The Morgan fingerprint density at radius 1 is 0.971 bits per heavy atom. The number of carbonyl (C=O) groups excluding carboxylic acids is 1. The van der Waals surface area contributed by atoms with Crippen LogP contribution in [0.4, 0.5) is 11.6 Å². The van der Waals surface area contributed by atoms with Gasteiger partial charge in [-0.1, -0.05) is 54.6 Å². The number of furan rings is 1. The van der Waals surface area contributed by atoms with Gasteiger partial charge in [0.1, 0.15) is 0 Å². The van der Waals surface area contributed by atoms with Gasteiger partial charge in [-0.2, -0.15) is 9.67 Å². The fraction of sp³-hybridized carbons (Fsp3) is 0.148. The summed E-state index contributed by atoms with van der Waals surface area (Å²) >= 11 is 0. The minimum atomic E-state index is -0.174. The van der Waals surface area contributed by atoms with E-state index in [9.17, 15) is 4.79 Å². The predicted octanol–water partition coefficient (Wildman–Crippen LogP) is 5.25. The van der Waals surface area contributed by atoms with Crippen LogP contribution in [0.25, 0.3) is 22.4 Å². The van der Waals surface area contributed by atoms with E-state index in [0.29, 0.717) is 24.1 Å². The fourth-order valence-electron chi connectivity index (χ4n) is 3.89. The van der Waals surface area contributed by atoms with Gasteiger partial charge in [-0.25, -0.2) is 0 Å². The second-order valence-electron chi connectivity index (χ2n) is 8.27. The minimum absolute atomic E-state index is 0.174. The molecule has 2 heterocycles. The van der Waals surface area contributed by atoms with Crippen LogP contribution >= 0.6 is 0 Å². The first kappa shape index (κ1) is 21.5. The Hall–Kier alpha value is -4.39. The summed E-state index contributed by atoms with van der Waals surface area (Å²) in [5, 5.41) is 9.90. The summed E-state index contributed by atoms with van der Waals surface area (Å²) in [6, 6.07) is 25.8. The number of nitrogens with one attached hydrogen (secondary N) is 1. The lowest BCUT2D eigenvalue weighted by Crippen LogP contribution is -2.19. The van der Waals surface area contributed by atoms with Gasteiger partial charge in [0.25, 0.3) is 5.91 Å². The molecule has 170 valence electrons. The standard InChI is InChI=1S/C27H25N5O2/c1-31(2)22-14-12-19(13-15-22)18-28-27-29-26(24-11-6-16-34-24)30-32(27)25(33)17-21-9-5-8-20-7-3-4-10-23(20)21/h3-16H,17-18H2,1-2H3,(H,28,29,30). The molecule has 0 unspecified atom stereocenters. The highest BCUT2D eigenvalue weighted by Crippen LogP contribution is 2.22. The summed E-state index contributed by atoms with van der Waals surface area (Å²) in [6.45, 7) is 0.506. The minimum Gasteiger partial charge on any atom is -0.461 e. The first-order valence-corrected chi connectivity index (χ1v) is 11.1. The molecule has 1 N–H and O–H groups in total. The molecule has 0 radical (unpaired) electrons. The number of benzene rings is 3. The maximum absolute atomic E-state index is 13.4. The van der Waals surface area contributed by atoms with Gasteiger partial charge in [-0.15, -0.1) is 5.10 Å². The molecule has 7 heteroatoms. The molecular weight excluding hydrogens is 426 g/mol. The smallest absolute Gasteiger partial charge is 0.254 e. The fourth-order valence-corrected chi connectivity index (χ4v) is 3.89. The molecule has 3 aromatic carbocycles. The third-order valence-corrected chi connectivity index (χ3v) is 5.71. The summed E-state index contributed by atoms with van der Waals surface area (Å²) in [5.41, 5.74) is 3.14. The van der Waals surface area contributed by atoms with Crippen molar-refractivity contribution in [3.8, 4) is 11.6 Å². The third-order valence-electron chi connectivity index (χ3n) is 5.71. The topological polar surface area (TPSA) is 76.2 Å². The Morgan fingerprint density at radius 2 is 1.76 bits per heavy atom. The van der Waals surface area contributed by atoms with Crippen LogP contribution in [0.5, 0.6) is 0 Å². The summed E-state index contributed by atoms with van der Waals surface area (Å²) in [7, 11) is 4.01. The van der Waals surface area contributed by atoms with Gasteiger partial charge >= 0.3 is 0 Å². The quantitative estimate of drug-likeness (QED) is 0.364. The van der Waals surface area contributed by atoms with Gasteiger partial charge in [-0.05, 0) is 46.2 Å². The lowest BCUT2D eigenvalue weighted by atomic mass is 10.0. The van der Waals surface area contributed by atoms with Crippen LogP contribution in [0.1, 0.15) is 15.9 Å². The van der Waals surface area contributed by atoms with Crippen molar-refractivity contribution in [2.75, 3.05) is 24.3 Å². The maximum Gasteiger partial charge on any atom is 0.254 e. The Morgan fingerprint density at radius 3 is 2.53 bits per heavy atom. The van der Waals surface area contributed by atoms with Gasteiger partial charge in [-0.3, -0.25) is 4.79 Å². The van der Waals surface area contributed by atoms with E-state index in [1.54, 1.807) is 18.4 Å². The van der Waals surface area contributed by atoms with E-state index in [4.69, 9.17) is 4.42 Å². The monoisotopic (exact) mass is 451 g/mol. The summed E-state index contributed by atoms with van der Waals surface area (Å²) in [6.07, 6.45) is 1.77. The molecule has 0 spiro atoms. The van der Waals surface area contributed by atoms with E-state index in [0.717, 1.165) is 27.6 Å². The van der Waals surface area contributed by atoms with Crippen molar-refractivity contribution >= 4 is 28.3 Å². The number of fused-ring (bicyclic) bond motifs is 1. The molecule has 0 saturated carbocycles. The van der Waals surface area contributed by atoms with Crippen molar-refractivity contribution in [2.45, 2.75) is 13.0 Å². The number of carbonyl (C=O) groups is 1. The normalized spacial score (nSPS) is 11.0.